The highest BCUT2D eigenvalue weighted by atomic mass is 16.2. The summed E-state index contributed by atoms with van der Waals surface area (Å²) < 4.78 is 0. The van der Waals surface area contributed by atoms with Gasteiger partial charge in [0.15, 0.2) is 0 Å². The van der Waals surface area contributed by atoms with Crippen LogP contribution in [0.15, 0.2) is 30.3 Å². The van der Waals surface area contributed by atoms with Gasteiger partial charge in [0.2, 0.25) is 5.91 Å². The van der Waals surface area contributed by atoms with Crippen LogP contribution < -0.4 is 10.6 Å². The highest BCUT2D eigenvalue weighted by molar-refractivity contribution is 6.06. The molecule has 2 N–H and O–H groups in total. The minimum absolute atomic E-state index is 0.0949. The van der Waals surface area contributed by atoms with Crippen LogP contribution in [0, 0.1) is 17.8 Å². The lowest BCUT2D eigenvalue weighted by molar-refractivity contribution is -0.132. The Bertz CT molecular complexity index is 751. The number of benzene rings is 1. The lowest BCUT2D eigenvalue weighted by atomic mass is 9.84. The number of hydrogen-bond acceptors (Lipinski definition) is 3. The zero-order chi connectivity index (χ0) is 19.7. The number of hydrogen-bond donors (Lipinski definition) is 2. The lowest BCUT2D eigenvalue weighted by Gasteiger charge is -2.29. The molecule has 0 spiro atoms. The standard InChI is InChI=1S/C22H29N3O3/c1-14(18-12-16-7-9-17(18)11-16)23-20(26)13-25-21(27)19(24-22(25)28)10-8-15-5-3-2-4-6-15/h2-6,14,16-19H,7-13H2,1H3,(H,23,26)(H,24,28)/t14-,16-,17-,18-,19+/m0/s1. The van der Waals surface area contributed by atoms with Gasteiger partial charge in [-0.25, -0.2) is 4.79 Å². The topological polar surface area (TPSA) is 78.5 Å². The number of amides is 4. The Morgan fingerprint density at radius 2 is 2.00 bits per heavy atom. The summed E-state index contributed by atoms with van der Waals surface area (Å²) in [6.45, 7) is 1.86. The second kappa shape index (κ2) is 7.94. The summed E-state index contributed by atoms with van der Waals surface area (Å²) in [5.41, 5.74) is 1.13. The van der Waals surface area contributed by atoms with Gasteiger partial charge in [-0.15, -0.1) is 0 Å². The van der Waals surface area contributed by atoms with Gasteiger partial charge in [-0.1, -0.05) is 36.8 Å². The minimum Gasteiger partial charge on any atom is -0.352 e. The Morgan fingerprint density at radius 1 is 1.21 bits per heavy atom. The van der Waals surface area contributed by atoms with Crippen LogP contribution in [0.1, 0.15) is 44.6 Å². The molecule has 0 radical (unpaired) electrons. The van der Waals surface area contributed by atoms with Gasteiger partial charge in [0.25, 0.3) is 5.91 Å². The summed E-state index contributed by atoms with van der Waals surface area (Å²) in [7, 11) is 0. The summed E-state index contributed by atoms with van der Waals surface area (Å²) in [6, 6.07) is 8.94. The van der Waals surface area contributed by atoms with Gasteiger partial charge in [0.05, 0.1) is 0 Å². The molecule has 3 aliphatic rings. The Morgan fingerprint density at radius 3 is 2.68 bits per heavy atom. The third kappa shape index (κ3) is 3.91. The van der Waals surface area contributed by atoms with Gasteiger partial charge in [-0.3, -0.25) is 14.5 Å². The van der Waals surface area contributed by atoms with Crippen LogP contribution >= 0.6 is 0 Å². The molecule has 1 aliphatic heterocycles. The molecule has 0 aromatic heterocycles. The zero-order valence-corrected chi connectivity index (χ0v) is 16.4. The van der Waals surface area contributed by atoms with Crippen LogP contribution in [0.5, 0.6) is 0 Å². The first-order valence-electron chi connectivity index (χ1n) is 10.5. The van der Waals surface area contributed by atoms with E-state index in [0.717, 1.165) is 22.3 Å². The summed E-state index contributed by atoms with van der Waals surface area (Å²) in [5, 5.41) is 5.75. The van der Waals surface area contributed by atoms with Crippen LogP contribution in [0.25, 0.3) is 0 Å². The van der Waals surface area contributed by atoms with Crippen LogP contribution in [0.3, 0.4) is 0 Å². The number of imide groups is 1. The molecule has 4 amide bonds. The van der Waals surface area contributed by atoms with Crippen molar-refractivity contribution in [3.8, 4) is 0 Å². The van der Waals surface area contributed by atoms with Gasteiger partial charge >= 0.3 is 6.03 Å². The zero-order valence-electron chi connectivity index (χ0n) is 16.4. The summed E-state index contributed by atoms with van der Waals surface area (Å²) in [6.07, 6.45) is 6.32. The predicted molar refractivity (Wildman–Crippen MR) is 105 cm³/mol. The first kappa shape index (κ1) is 19.0. The number of rotatable bonds is 7. The van der Waals surface area contributed by atoms with Crippen molar-refractivity contribution in [1.82, 2.24) is 15.5 Å². The second-order valence-corrected chi connectivity index (χ2v) is 8.65. The fraction of sp³-hybridized carbons (Fsp3) is 0.591. The third-order valence-corrected chi connectivity index (χ3v) is 6.80. The quantitative estimate of drug-likeness (QED) is 0.710. The molecule has 6 heteroatoms. The summed E-state index contributed by atoms with van der Waals surface area (Å²) in [5.74, 6) is 1.53. The van der Waals surface area contributed by atoms with Crippen molar-refractivity contribution in [3.63, 3.8) is 0 Å². The average Bonchev–Trinajstić information content (AvgIpc) is 3.38. The number of carbonyl (C=O) groups excluding carboxylic acids is 3. The Labute approximate surface area is 166 Å². The van der Waals surface area contributed by atoms with Gasteiger partial charge in [-0.05, 0) is 62.3 Å². The van der Waals surface area contributed by atoms with Crippen molar-refractivity contribution in [2.45, 2.75) is 57.5 Å². The van der Waals surface area contributed by atoms with E-state index in [1.165, 1.54) is 25.7 Å². The maximum Gasteiger partial charge on any atom is 0.325 e. The molecule has 2 aliphatic carbocycles. The molecular weight excluding hydrogens is 354 g/mol. The second-order valence-electron chi connectivity index (χ2n) is 8.65. The maximum atomic E-state index is 12.6. The number of urea groups is 1. The molecule has 3 fully saturated rings. The molecule has 1 aromatic carbocycles. The molecule has 1 aromatic rings. The fourth-order valence-electron chi connectivity index (χ4n) is 5.33. The molecule has 28 heavy (non-hydrogen) atoms. The average molecular weight is 383 g/mol. The number of fused-ring (bicyclic) bond motifs is 2. The van der Waals surface area contributed by atoms with E-state index in [9.17, 15) is 14.4 Å². The Hall–Kier alpha value is -2.37. The molecule has 5 atom stereocenters. The van der Waals surface area contributed by atoms with Crippen molar-refractivity contribution in [3.05, 3.63) is 35.9 Å². The molecule has 2 saturated carbocycles. The van der Waals surface area contributed by atoms with Gasteiger partial charge < -0.3 is 10.6 Å². The highest BCUT2D eigenvalue weighted by Gasteiger charge is 2.43. The molecule has 0 unspecified atom stereocenters. The summed E-state index contributed by atoms with van der Waals surface area (Å²) in [4.78, 5) is 38.3. The van der Waals surface area contributed by atoms with Crippen LogP contribution in [-0.4, -0.2) is 41.4 Å². The van der Waals surface area contributed by atoms with Crippen molar-refractivity contribution in [2.24, 2.45) is 17.8 Å². The van der Waals surface area contributed by atoms with Crippen molar-refractivity contribution in [2.75, 3.05) is 6.54 Å². The van der Waals surface area contributed by atoms with Crippen molar-refractivity contribution >= 4 is 17.8 Å². The first-order valence-corrected chi connectivity index (χ1v) is 10.5. The SMILES string of the molecule is C[C@H](NC(=O)CN1C(=O)N[C@H](CCc2ccccc2)C1=O)[C@@H]1C[C@H]2CC[C@H]1C2. The maximum absolute atomic E-state index is 12.6. The largest absolute Gasteiger partial charge is 0.352 e. The minimum atomic E-state index is -0.552. The molecule has 1 saturated heterocycles. The van der Waals surface area contributed by atoms with Gasteiger partial charge in [-0.2, -0.15) is 0 Å². The molecular formula is C22H29N3O3. The molecule has 2 bridgehead atoms. The van der Waals surface area contributed by atoms with E-state index in [2.05, 4.69) is 17.6 Å². The molecule has 6 nitrogen and oxygen atoms in total. The molecule has 4 rings (SSSR count). The Kier molecular flexibility index (Phi) is 5.38. The predicted octanol–water partition coefficient (Wildman–Crippen LogP) is 2.48. The highest BCUT2D eigenvalue weighted by Crippen LogP contribution is 2.49. The van der Waals surface area contributed by atoms with Crippen LogP contribution in [-0.2, 0) is 16.0 Å². The van der Waals surface area contributed by atoms with Gasteiger partial charge in [0, 0.05) is 6.04 Å². The number of nitrogens with one attached hydrogen (secondary N) is 2. The third-order valence-electron chi connectivity index (χ3n) is 6.80. The molecule has 1 heterocycles. The van der Waals surface area contributed by atoms with Crippen molar-refractivity contribution in [1.29, 1.82) is 0 Å². The van der Waals surface area contributed by atoms with E-state index < -0.39 is 12.1 Å². The van der Waals surface area contributed by atoms with E-state index in [1.54, 1.807) is 0 Å². The van der Waals surface area contributed by atoms with E-state index in [4.69, 9.17) is 0 Å². The van der Waals surface area contributed by atoms with Crippen molar-refractivity contribution < 1.29 is 14.4 Å². The first-order chi connectivity index (χ1) is 13.5. The lowest BCUT2D eigenvalue weighted by Crippen LogP contribution is -2.46. The number of aryl methyl sites for hydroxylation is 1. The summed E-state index contributed by atoms with van der Waals surface area (Å²) >= 11 is 0. The molecule has 150 valence electrons. The normalized spacial score (nSPS) is 29.8. The van der Waals surface area contributed by atoms with E-state index >= 15 is 0 Å². The van der Waals surface area contributed by atoms with E-state index in [-0.39, 0.29) is 24.4 Å². The number of carbonyl (C=O) groups is 3. The number of nitrogens with zero attached hydrogens (tertiary/aromatic N) is 1. The van der Waals surface area contributed by atoms with Gasteiger partial charge in [0.1, 0.15) is 12.6 Å². The smallest absolute Gasteiger partial charge is 0.325 e. The van der Waals surface area contributed by atoms with E-state index in [0.29, 0.717) is 18.8 Å². The van der Waals surface area contributed by atoms with E-state index in [1.807, 2.05) is 30.3 Å². The fourth-order valence-corrected chi connectivity index (χ4v) is 5.33. The van der Waals surface area contributed by atoms with Crippen LogP contribution in [0.4, 0.5) is 4.79 Å². The monoisotopic (exact) mass is 383 g/mol. The Balaban J connectivity index is 1.27. The van der Waals surface area contributed by atoms with Crippen LogP contribution in [0.2, 0.25) is 0 Å².